The normalized spacial score (nSPS) is 28.1. The van der Waals surface area contributed by atoms with E-state index in [2.05, 4.69) is 18.8 Å². The third-order valence-electron chi connectivity index (χ3n) is 2.96. The lowest BCUT2D eigenvalue weighted by molar-refractivity contribution is -0.117. The van der Waals surface area contributed by atoms with Gasteiger partial charge in [0.1, 0.15) is 0 Å². The summed E-state index contributed by atoms with van der Waals surface area (Å²) >= 11 is 0. The van der Waals surface area contributed by atoms with E-state index in [1.165, 1.54) is 25.3 Å². The molecule has 0 heterocycles. The van der Waals surface area contributed by atoms with Gasteiger partial charge in [-0.25, -0.2) is 0 Å². The predicted molar refractivity (Wildman–Crippen MR) is 56.5 cm³/mol. The van der Waals surface area contributed by atoms with Gasteiger partial charge < -0.3 is 5.32 Å². The maximum Gasteiger partial charge on any atom is 0.243 e. The monoisotopic (exact) mass is 183 g/mol. The summed E-state index contributed by atoms with van der Waals surface area (Å²) in [5.41, 5.74) is 0. The highest BCUT2D eigenvalue weighted by Crippen LogP contribution is 2.26. The van der Waals surface area contributed by atoms with Crippen LogP contribution in [0.4, 0.5) is 0 Å². The first-order chi connectivity index (χ1) is 6.26. The number of amides is 1. The van der Waals surface area contributed by atoms with E-state index in [1.54, 1.807) is 0 Å². The molecule has 0 spiro atoms. The van der Waals surface area contributed by atoms with E-state index in [1.807, 2.05) is 0 Å². The van der Waals surface area contributed by atoms with Crippen molar-refractivity contribution in [1.82, 2.24) is 5.32 Å². The van der Waals surface area contributed by atoms with Crippen LogP contribution in [-0.2, 0) is 4.79 Å². The molecule has 0 bridgehead atoms. The van der Waals surface area contributed by atoms with Gasteiger partial charge in [-0.1, -0.05) is 19.9 Å². The van der Waals surface area contributed by atoms with Crippen LogP contribution in [0.15, 0.2) is 12.7 Å². The van der Waals surface area contributed by atoms with Gasteiger partial charge >= 0.3 is 0 Å². The zero-order valence-electron chi connectivity index (χ0n) is 8.38. The van der Waals surface area contributed by atoms with E-state index in [4.69, 9.17) is 0 Å². The van der Waals surface area contributed by atoms with Crippen molar-refractivity contribution in [3.05, 3.63) is 12.7 Å². The number of hydrogen-bond donors (Lipinski definition) is 1. The molecule has 2 heteroatoms. The topological polar surface area (TPSA) is 29.1 Å². The first kappa shape index (κ1) is 10.3. The van der Waals surface area contributed by atoms with Gasteiger partial charge in [-0.05, 0) is 37.7 Å². The van der Waals surface area contributed by atoms with Gasteiger partial charge in [-0.15, -0.1) is 0 Å². The molecule has 13 heavy (non-hydrogen) atoms. The Labute approximate surface area is 81.9 Å². The molecule has 1 amide bonds. The summed E-state index contributed by atoms with van der Waals surface area (Å²) in [4.78, 5) is 11.0. The Morgan fingerprint density at radius 3 is 2.62 bits per heavy atom. The molecule has 0 unspecified atom stereocenters. The number of rotatable bonds is 3. The van der Waals surface area contributed by atoms with Crippen LogP contribution in [0.25, 0.3) is 0 Å². The SMILES string of the molecule is C=CC(=O)NC1CCC(CC)CC1.[HH]. The highest BCUT2D eigenvalue weighted by Gasteiger charge is 2.20. The molecule has 1 N–H and O–H groups in total. The molecule has 1 saturated carbocycles. The fourth-order valence-corrected chi connectivity index (χ4v) is 1.98. The van der Waals surface area contributed by atoms with Crippen molar-refractivity contribution in [3.63, 3.8) is 0 Å². The van der Waals surface area contributed by atoms with Crippen molar-refractivity contribution in [2.45, 2.75) is 45.1 Å². The Balaban J connectivity index is 0.00000169. The summed E-state index contributed by atoms with van der Waals surface area (Å²) in [7, 11) is 0. The molecular formula is C11H21NO. The summed E-state index contributed by atoms with van der Waals surface area (Å²) in [6.45, 7) is 5.69. The van der Waals surface area contributed by atoms with Gasteiger partial charge in [0.15, 0.2) is 0 Å². The molecule has 0 aromatic carbocycles. The summed E-state index contributed by atoms with van der Waals surface area (Å²) in [6.07, 6.45) is 7.43. The first-order valence-electron chi connectivity index (χ1n) is 5.19. The summed E-state index contributed by atoms with van der Waals surface area (Å²) in [6, 6.07) is 0.397. The Hall–Kier alpha value is -0.790. The van der Waals surface area contributed by atoms with E-state index < -0.39 is 0 Å². The molecule has 0 aromatic heterocycles. The minimum absolute atomic E-state index is 0. The van der Waals surface area contributed by atoms with Gasteiger partial charge in [0, 0.05) is 7.47 Å². The highest BCUT2D eigenvalue weighted by atomic mass is 16.1. The number of carbonyl (C=O) groups excluding carboxylic acids is 1. The van der Waals surface area contributed by atoms with Crippen LogP contribution in [0.1, 0.15) is 40.5 Å². The molecule has 1 aliphatic carbocycles. The Kier molecular flexibility index (Phi) is 4.00. The molecule has 0 aliphatic heterocycles. The summed E-state index contributed by atoms with van der Waals surface area (Å²) in [5, 5.41) is 2.96. The maximum absolute atomic E-state index is 11.0. The average molecular weight is 183 g/mol. The minimum Gasteiger partial charge on any atom is -0.350 e. The van der Waals surface area contributed by atoms with Gasteiger partial charge in [0.05, 0.1) is 0 Å². The van der Waals surface area contributed by atoms with Crippen molar-refractivity contribution in [2.75, 3.05) is 0 Å². The Morgan fingerprint density at radius 1 is 1.54 bits per heavy atom. The van der Waals surface area contributed by atoms with Crippen LogP contribution in [0, 0.1) is 5.92 Å². The molecule has 0 atom stereocenters. The summed E-state index contributed by atoms with van der Waals surface area (Å²) < 4.78 is 0. The molecule has 0 aromatic rings. The lowest BCUT2D eigenvalue weighted by Gasteiger charge is -2.27. The van der Waals surface area contributed by atoms with E-state index >= 15 is 0 Å². The van der Waals surface area contributed by atoms with Crippen molar-refractivity contribution in [1.29, 1.82) is 0 Å². The highest BCUT2D eigenvalue weighted by molar-refractivity contribution is 5.87. The smallest absolute Gasteiger partial charge is 0.243 e. The first-order valence-corrected chi connectivity index (χ1v) is 5.19. The number of nitrogens with one attached hydrogen (secondary N) is 1. The molecular weight excluding hydrogens is 162 g/mol. The third-order valence-corrected chi connectivity index (χ3v) is 2.96. The van der Waals surface area contributed by atoms with Crippen LogP contribution in [0.3, 0.4) is 0 Å². The minimum atomic E-state index is -0.0278. The van der Waals surface area contributed by atoms with E-state index in [0.717, 1.165) is 18.8 Å². The fraction of sp³-hybridized carbons (Fsp3) is 0.727. The number of hydrogen-bond acceptors (Lipinski definition) is 1. The zero-order valence-corrected chi connectivity index (χ0v) is 8.38. The van der Waals surface area contributed by atoms with E-state index in [0.29, 0.717) is 6.04 Å². The van der Waals surface area contributed by atoms with Crippen LogP contribution in [-0.4, -0.2) is 11.9 Å². The second-order valence-electron chi connectivity index (χ2n) is 3.84. The van der Waals surface area contributed by atoms with Crippen LogP contribution < -0.4 is 5.32 Å². The maximum atomic E-state index is 11.0. The predicted octanol–water partition coefficient (Wildman–Crippen LogP) is 2.50. The van der Waals surface area contributed by atoms with Crippen LogP contribution in [0.5, 0.6) is 0 Å². The number of carbonyl (C=O) groups is 1. The molecule has 0 radical (unpaired) electrons. The van der Waals surface area contributed by atoms with Crippen LogP contribution in [0.2, 0.25) is 0 Å². The van der Waals surface area contributed by atoms with Crippen molar-refractivity contribution >= 4 is 5.91 Å². The van der Waals surface area contributed by atoms with Gasteiger partial charge in [-0.2, -0.15) is 0 Å². The standard InChI is InChI=1S/C11H19NO.H2/c1-3-9-5-7-10(8-6-9)12-11(13)4-2;/h4,9-10H,2-3,5-8H2,1H3,(H,12,13);1H. The second kappa shape index (κ2) is 5.05. The quantitative estimate of drug-likeness (QED) is 0.669. The van der Waals surface area contributed by atoms with Gasteiger partial charge in [0.2, 0.25) is 5.91 Å². The lowest BCUT2D eigenvalue weighted by atomic mass is 9.84. The van der Waals surface area contributed by atoms with Crippen molar-refractivity contribution < 1.29 is 6.22 Å². The largest absolute Gasteiger partial charge is 0.350 e. The fourth-order valence-electron chi connectivity index (χ4n) is 1.98. The zero-order chi connectivity index (χ0) is 9.68. The molecule has 1 fully saturated rings. The lowest BCUT2D eigenvalue weighted by Crippen LogP contribution is -2.36. The molecule has 0 saturated heterocycles. The molecule has 76 valence electrons. The van der Waals surface area contributed by atoms with Crippen molar-refractivity contribution in [3.8, 4) is 0 Å². The Morgan fingerprint density at radius 2 is 2.15 bits per heavy atom. The third kappa shape index (κ3) is 3.21. The van der Waals surface area contributed by atoms with Crippen molar-refractivity contribution in [2.24, 2.45) is 5.92 Å². The average Bonchev–Trinajstić information content (AvgIpc) is 2.19. The molecule has 1 aliphatic rings. The summed E-state index contributed by atoms with van der Waals surface area (Å²) in [5.74, 6) is 0.858. The van der Waals surface area contributed by atoms with Crippen LogP contribution >= 0.6 is 0 Å². The second-order valence-corrected chi connectivity index (χ2v) is 3.84. The van der Waals surface area contributed by atoms with Gasteiger partial charge in [0.25, 0.3) is 0 Å². The van der Waals surface area contributed by atoms with E-state index in [-0.39, 0.29) is 7.33 Å². The Bertz CT molecular complexity index is 186. The van der Waals surface area contributed by atoms with E-state index in [9.17, 15) is 4.79 Å². The molecule has 2 nitrogen and oxygen atoms in total. The molecule has 1 rings (SSSR count). The van der Waals surface area contributed by atoms with Gasteiger partial charge in [-0.3, -0.25) is 4.79 Å².